The van der Waals surface area contributed by atoms with Crippen LogP contribution in [0, 0.1) is 0 Å². The van der Waals surface area contributed by atoms with E-state index in [1.807, 2.05) is 0 Å². The predicted molar refractivity (Wildman–Crippen MR) is 162 cm³/mol. The van der Waals surface area contributed by atoms with E-state index in [1.165, 1.54) is 47.7 Å². The molecule has 4 atom stereocenters. The van der Waals surface area contributed by atoms with Crippen LogP contribution in [0.2, 0.25) is 0 Å². The van der Waals surface area contributed by atoms with Gasteiger partial charge in [0.15, 0.2) is 10.8 Å². The highest BCUT2D eigenvalue weighted by Crippen LogP contribution is 2.43. The summed E-state index contributed by atoms with van der Waals surface area (Å²) in [5, 5.41) is 7.09. The summed E-state index contributed by atoms with van der Waals surface area (Å²) in [6.07, 6.45) is -2.95. The van der Waals surface area contributed by atoms with Gasteiger partial charge in [0.05, 0.1) is 13.2 Å². The second-order valence-electron chi connectivity index (χ2n) is 8.75. The molecule has 3 heterocycles. The molecule has 1 aromatic rings. The van der Waals surface area contributed by atoms with Crippen LogP contribution in [0.3, 0.4) is 0 Å². The highest BCUT2D eigenvalue weighted by molar-refractivity contribution is 8.05. The van der Waals surface area contributed by atoms with Crippen LogP contribution in [-0.4, -0.2) is 107 Å². The molecule has 46 heavy (non-hydrogen) atoms. The number of nitrogens with one attached hydrogen (secondary N) is 1. The molecule has 3 rings (SSSR count). The van der Waals surface area contributed by atoms with Crippen molar-refractivity contribution < 1.29 is 62.0 Å². The number of ether oxygens (including phenoxy) is 6. The molecule has 0 saturated carbocycles. The van der Waals surface area contributed by atoms with Crippen molar-refractivity contribution in [2.45, 2.75) is 51.7 Å². The number of amides is 2. The Morgan fingerprint density at radius 1 is 1.09 bits per heavy atom. The zero-order chi connectivity index (χ0) is 34.0. The highest BCUT2D eigenvalue weighted by atomic mass is 32.2. The molecule has 1 saturated heterocycles. The van der Waals surface area contributed by atoms with Crippen molar-refractivity contribution >= 4 is 81.8 Å². The van der Waals surface area contributed by atoms with Gasteiger partial charge >= 0.3 is 24.2 Å². The Morgan fingerprint density at radius 3 is 2.28 bits per heavy atom. The zero-order valence-electron chi connectivity index (χ0n) is 25.2. The van der Waals surface area contributed by atoms with E-state index in [2.05, 4.69) is 24.9 Å². The Balaban J connectivity index is 1.68. The molecule has 2 aliphatic rings. The van der Waals surface area contributed by atoms with Gasteiger partial charge in [-0.2, -0.15) is 0 Å². The van der Waals surface area contributed by atoms with Crippen molar-refractivity contribution in [1.29, 1.82) is 0 Å². The van der Waals surface area contributed by atoms with Crippen LogP contribution < -0.4 is 11.1 Å². The first-order valence-corrected chi connectivity index (χ1v) is 16.6. The van der Waals surface area contributed by atoms with Gasteiger partial charge in [-0.25, -0.2) is 24.2 Å². The molecule has 1 aromatic heterocycles. The smallest absolute Gasteiger partial charge is 0.435 e. The third-order valence-electron chi connectivity index (χ3n) is 5.60. The number of carbonyl (C=O) groups excluding carboxylic acids is 6. The minimum absolute atomic E-state index is 0.00303. The third-order valence-corrected chi connectivity index (χ3v) is 8.56. The lowest BCUT2D eigenvalue weighted by Gasteiger charge is -2.49. The van der Waals surface area contributed by atoms with Gasteiger partial charge < -0.3 is 44.3 Å². The number of nitrogen functional groups attached to an aromatic ring is 1. The molecule has 0 aliphatic carbocycles. The molecule has 1 fully saturated rings. The van der Waals surface area contributed by atoms with E-state index in [4.69, 9.17) is 29.5 Å². The molecule has 3 N–H and O–H groups in total. The number of carbonyl (C=O) groups is 6. The molecular formula is C25H31N5O13S3. The Labute approximate surface area is 274 Å². The molecule has 18 nitrogen and oxygen atoms in total. The number of hydrogen-bond acceptors (Lipinski definition) is 19. The number of hydrogen-bond donors (Lipinski definition) is 2. The van der Waals surface area contributed by atoms with Crippen LogP contribution >= 0.6 is 34.9 Å². The van der Waals surface area contributed by atoms with Crippen LogP contribution in [0.5, 0.6) is 0 Å². The van der Waals surface area contributed by atoms with Gasteiger partial charge in [-0.05, 0) is 20.1 Å². The number of fused-ring (bicyclic) bond motifs is 1. The van der Waals surface area contributed by atoms with E-state index in [0.29, 0.717) is 10.7 Å². The van der Waals surface area contributed by atoms with Crippen molar-refractivity contribution in [2.24, 2.45) is 5.16 Å². The normalized spacial score (nSPS) is 18.7. The molecule has 0 bridgehead atoms. The van der Waals surface area contributed by atoms with Crippen LogP contribution in [-0.2, 0) is 52.4 Å². The van der Waals surface area contributed by atoms with Crippen LogP contribution in [0.4, 0.5) is 14.7 Å². The number of oxime groups is 1. The van der Waals surface area contributed by atoms with Crippen molar-refractivity contribution in [3.05, 3.63) is 21.7 Å². The van der Waals surface area contributed by atoms with E-state index in [1.54, 1.807) is 20.1 Å². The minimum atomic E-state index is -1.31. The number of rotatable bonds is 14. The number of nitrogens with two attached hydrogens (primary N) is 1. The molecule has 2 aliphatic heterocycles. The summed E-state index contributed by atoms with van der Waals surface area (Å²) in [7, 11) is 0. The maximum absolute atomic E-state index is 13.3. The number of β-lactam (4-membered cyclic amide) rings is 1. The summed E-state index contributed by atoms with van der Waals surface area (Å²) in [4.78, 5) is 85.4. The quantitative estimate of drug-likeness (QED) is 0.0697. The van der Waals surface area contributed by atoms with Crippen molar-refractivity contribution in [2.75, 3.05) is 37.6 Å². The van der Waals surface area contributed by atoms with E-state index >= 15 is 0 Å². The Hall–Kier alpha value is -4.24. The second-order valence-corrected chi connectivity index (χ2v) is 11.6. The lowest BCUT2D eigenvalue weighted by atomic mass is 10.0. The van der Waals surface area contributed by atoms with Crippen LogP contribution in [0.1, 0.15) is 33.4 Å². The van der Waals surface area contributed by atoms with Crippen molar-refractivity contribution in [3.8, 4) is 0 Å². The Kier molecular flexibility index (Phi) is 13.3. The second kappa shape index (κ2) is 16.9. The van der Waals surface area contributed by atoms with Gasteiger partial charge in [-0.15, -0.1) is 34.9 Å². The van der Waals surface area contributed by atoms with Gasteiger partial charge in [0.1, 0.15) is 22.8 Å². The summed E-state index contributed by atoms with van der Waals surface area (Å²) >= 11 is 3.53. The molecule has 0 aromatic carbocycles. The van der Waals surface area contributed by atoms with Gasteiger partial charge in [0, 0.05) is 29.9 Å². The first-order valence-electron chi connectivity index (χ1n) is 13.4. The lowest BCUT2D eigenvalue weighted by molar-refractivity contribution is -0.173. The molecular weight excluding hydrogens is 674 g/mol. The van der Waals surface area contributed by atoms with Gasteiger partial charge in [0.2, 0.25) is 19.2 Å². The fourth-order valence-corrected chi connectivity index (χ4v) is 6.54. The summed E-state index contributed by atoms with van der Waals surface area (Å²) < 4.78 is 28.9. The minimum Gasteiger partial charge on any atom is -0.435 e. The monoisotopic (exact) mass is 705 g/mol. The molecule has 0 radical (unpaired) electrons. The van der Waals surface area contributed by atoms with Crippen molar-refractivity contribution in [1.82, 2.24) is 15.2 Å². The first kappa shape index (κ1) is 36.2. The predicted octanol–water partition coefficient (Wildman–Crippen LogP) is 1.55. The van der Waals surface area contributed by atoms with Crippen LogP contribution in [0.15, 0.2) is 21.1 Å². The number of thioether (sulfide) groups is 2. The largest absolute Gasteiger partial charge is 0.511 e. The van der Waals surface area contributed by atoms with E-state index in [0.717, 1.165) is 11.3 Å². The standard InChI is InChI=1S/C25H31N5O13S3/c1-6-37-24(35)42-11(3)40-15(31)8-39-29-16(13-9-46-23(26)27-13)19(32)28-17-20(33)30-18(14(44-5)10-45-21(17)30)22(34)41-12(4)43-25(36)38-7-2/h9,11-12,17,21H,6-8,10H2,1-5H3,(H2,26,27)(H,28,32)/t11?,12?,17?,21-/m0/s1. The Morgan fingerprint density at radius 2 is 1.72 bits per heavy atom. The number of thiazole rings is 1. The van der Waals surface area contributed by atoms with Crippen molar-refractivity contribution in [3.63, 3.8) is 0 Å². The van der Waals surface area contributed by atoms with Gasteiger partial charge in [-0.3, -0.25) is 14.5 Å². The van der Waals surface area contributed by atoms with Gasteiger partial charge in [-0.1, -0.05) is 5.16 Å². The van der Waals surface area contributed by atoms with E-state index < -0.39 is 72.4 Å². The number of nitrogens with zero attached hydrogens (tertiary/aromatic N) is 3. The summed E-state index contributed by atoms with van der Waals surface area (Å²) in [5.74, 6) is -3.10. The molecule has 0 spiro atoms. The SMILES string of the molecule is CCOC(=O)OC(C)OC(=O)CON=C(C(=O)NC1C(=O)N2C(C(=O)OC(C)OC(=O)OCC)=C(SC)CS[C@@H]12)c1csc(N)n1. The number of aromatic nitrogens is 1. The fourth-order valence-electron chi connectivity index (χ4n) is 3.75. The van der Waals surface area contributed by atoms with Crippen LogP contribution in [0.25, 0.3) is 0 Å². The van der Waals surface area contributed by atoms with Gasteiger partial charge in [0.25, 0.3) is 11.8 Å². The number of esters is 2. The van der Waals surface area contributed by atoms with E-state index in [-0.39, 0.29) is 29.7 Å². The average Bonchev–Trinajstić information content (AvgIpc) is 3.42. The lowest BCUT2D eigenvalue weighted by Crippen LogP contribution is -2.71. The first-order chi connectivity index (χ1) is 21.9. The summed E-state index contributed by atoms with van der Waals surface area (Å²) in [6, 6.07) is -1.09. The maximum atomic E-state index is 13.3. The fraction of sp³-hybridized carbons (Fsp3) is 0.520. The maximum Gasteiger partial charge on any atom is 0.511 e. The number of anilines is 1. The highest BCUT2D eigenvalue weighted by Gasteiger charge is 2.55. The topological polar surface area (TPSA) is 234 Å². The molecule has 3 unspecified atom stereocenters. The third kappa shape index (κ3) is 9.39. The average molecular weight is 706 g/mol. The molecule has 252 valence electrons. The summed E-state index contributed by atoms with van der Waals surface area (Å²) in [6.45, 7) is 5.07. The molecule has 21 heteroatoms. The summed E-state index contributed by atoms with van der Waals surface area (Å²) in [5.41, 5.74) is 5.25. The zero-order valence-corrected chi connectivity index (χ0v) is 27.6. The van der Waals surface area contributed by atoms with E-state index in [9.17, 15) is 28.8 Å². The Bertz CT molecular complexity index is 1400. The molecule has 2 amide bonds.